The highest BCUT2D eigenvalue weighted by Gasteiger charge is 2.20. The third kappa shape index (κ3) is 3.68. The smallest absolute Gasteiger partial charge is 0.239 e. The number of benzene rings is 1. The van der Waals surface area contributed by atoms with Gasteiger partial charge in [-0.3, -0.25) is 4.79 Å². The van der Waals surface area contributed by atoms with Crippen LogP contribution in [0.2, 0.25) is 0 Å². The van der Waals surface area contributed by atoms with Gasteiger partial charge in [-0.15, -0.1) is 0 Å². The summed E-state index contributed by atoms with van der Waals surface area (Å²) < 4.78 is 19.0. The molecular formula is C14H20FN3O2. The van der Waals surface area contributed by atoms with Gasteiger partial charge in [-0.05, 0) is 12.1 Å². The molecule has 0 aromatic heterocycles. The maximum Gasteiger partial charge on any atom is 0.239 e. The van der Waals surface area contributed by atoms with E-state index in [1.54, 1.807) is 13.2 Å². The molecule has 2 N–H and O–H groups in total. The zero-order valence-electron chi connectivity index (χ0n) is 11.6. The number of nitrogens with one attached hydrogen (secondary N) is 2. The van der Waals surface area contributed by atoms with Crippen molar-refractivity contribution in [1.82, 2.24) is 10.6 Å². The van der Waals surface area contributed by atoms with E-state index in [0.717, 1.165) is 5.69 Å². The molecule has 1 heterocycles. The molecule has 0 spiro atoms. The topological polar surface area (TPSA) is 53.6 Å². The van der Waals surface area contributed by atoms with Crippen LogP contribution in [0.5, 0.6) is 0 Å². The number of halogens is 1. The highest BCUT2D eigenvalue weighted by atomic mass is 19.1. The first-order chi connectivity index (χ1) is 9.72. The van der Waals surface area contributed by atoms with Crippen LogP contribution in [0.3, 0.4) is 0 Å². The second kappa shape index (κ2) is 7.21. The van der Waals surface area contributed by atoms with E-state index >= 15 is 0 Å². The lowest BCUT2D eigenvalue weighted by Gasteiger charge is -2.30. The molecule has 0 saturated carbocycles. The third-order valence-electron chi connectivity index (χ3n) is 3.26. The van der Waals surface area contributed by atoms with Crippen molar-refractivity contribution in [2.45, 2.75) is 6.54 Å². The monoisotopic (exact) mass is 281 g/mol. The van der Waals surface area contributed by atoms with Gasteiger partial charge in [0, 0.05) is 44.5 Å². The van der Waals surface area contributed by atoms with Crippen LogP contribution in [0.25, 0.3) is 0 Å². The van der Waals surface area contributed by atoms with Crippen LogP contribution in [0, 0.1) is 5.82 Å². The molecule has 0 aliphatic carbocycles. The minimum Gasteiger partial charge on any atom is -0.383 e. The molecular weight excluding hydrogens is 261 g/mol. The van der Waals surface area contributed by atoms with Crippen LogP contribution >= 0.6 is 0 Å². The van der Waals surface area contributed by atoms with Crippen molar-refractivity contribution >= 4 is 11.6 Å². The molecule has 1 amide bonds. The zero-order chi connectivity index (χ0) is 14.4. The Kier molecular flexibility index (Phi) is 5.31. The zero-order valence-corrected chi connectivity index (χ0v) is 11.6. The van der Waals surface area contributed by atoms with E-state index in [4.69, 9.17) is 4.74 Å². The summed E-state index contributed by atoms with van der Waals surface area (Å²) in [6, 6.07) is 4.98. The van der Waals surface area contributed by atoms with Crippen molar-refractivity contribution in [2.24, 2.45) is 0 Å². The lowest BCUT2D eigenvalue weighted by Crippen LogP contribution is -2.48. The van der Waals surface area contributed by atoms with E-state index in [-0.39, 0.29) is 18.3 Å². The Bertz CT molecular complexity index is 468. The predicted molar refractivity (Wildman–Crippen MR) is 75.2 cm³/mol. The van der Waals surface area contributed by atoms with Gasteiger partial charge < -0.3 is 20.3 Å². The predicted octanol–water partition coefficient (Wildman–Crippen LogP) is 0.498. The second-order valence-electron chi connectivity index (χ2n) is 4.68. The highest BCUT2D eigenvalue weighted by Crippen LogP contribution is 2.23. The molecule has 110 valence electrons. The SMILES string of the molecule is COCCNCc1c(F)cccc1N1CCNC(=O)C1. The molecule has 1 saturated heterocycles. The molecule has 1 aromatic rings. The quantitative estimate of drug-likeness (QED) is 0.746. The Morgan fingerprint density at radius 3 is 3.10 bits per heavy atom. The minimum absolute atomic E-state index is 0.0289. The molecule has 20 heavy (non-hydrogen) atoms. The number of hydrogen-bond donors (Lipinski definition) is 2. The number of nitrogens with zero attached hydrogens (tertiary/aromatic N) is 1. The van der Waals surface area contributed by atoms with Gasteiger partial charge in [-0.1, -0.05) is 6.07 Å². The largest absolute Gasteiger partial charge is 0.383 e. The highest BCUT2D eigenvalue weighted by molar-refractivity contribution is 5.83. The number of hydrogen-bond acceptors (Lipinski definition) is 4. The first-order valence-electron chi connectivity index (χ1n) is 6.71. The van der Waals surface area contributed by atoms with Gasteiger partial charge in [0.2, 0.25) is 5.91 Å². The number of amides is 1. The summed E-state index contributed by atoms with van der Waals surface area (Å²) in [6.45, 7) is 3.21. The summed E-state index contributed by atoms with van der Waals surface area (Å²) in [4.78, 5) is 13.4. The van der Waals surface area contributed by atoms with Gasteiger partial charge in [0.25, 0.3) is 0 Å². The number of carbonyl (C=O) groups is 1. The van der Waals surface area contributed by atoms with Gasteiger partial charge in [0.1, 0.15) is 5.82 Å². The van der Waals surface area contributed by atoms with Gasteiger partial charge in [-0.25, -0.2) is 4.39 Å². The number of piperazine rings is 1. The van der Waals surface area contributed by atoms with Crippen molar-refractivity contribution in [1.29, 1.82) is 0 Å². The summed E-state index contributed by atoms with van der Waals surface area (Å²) in [6.07, 6.45) is 0. The number of ether oxygens (including phenoxy) is 1. The molecule has 0 unspecified atom stereocenters. The van der Waals surface area contributed by atoms with Crippen molar-refractivity contribution in [3.63, 3.8) is 0 Å². The molecule has 0 radical (unpaired) electrons. The van der Waals surface area contributed by atoms with E-state index in [1.165, 1.54) is 6.07 Å². The number of anilines is 1. The van der Waals surface area contributed by atoms with Crippen LogP contribution < -0.4 is 15.5 Å². The van der Waals surface area contributed by atoms with Gasteiger partial charge in [-0.2, -0.15) is 0 Å². The summed E-state index contributed by atoms with van der Waals surface area (Å²) in [7, 11) is 1.63. The summed E-state index contributed by atoms with van der Waals surface area (Å²) in [5, 5.41) is 5.91. The maximum atomic E-state index is 14.0. The Morgan fingerprint density at radius 2 is 2.35 bits per heavy atom. The van der Waals surface area contributed by atoms with E-state index in [1.807, 2.05) is 11.0 Å². The van der Waals surface area contributed by atoms with Crippen LogP contribution in [0.15, 0.2) is 18.2 Å². The Balaban J connectivity index is 2.10. The van der Waals surface area contributed by atoms with E-state index in [9.17, 15) is 9.18 Å². The average molecular weight is 281 g/mol. The first-order valence-corrected chi connectivity index (χ1v) is 6.71. The molecule has 1 aliphatic rings. The molecule has 1 aliphatic heterocycles. The van der Waals surface area contributed by atoms with Gasteiger partial charge in [0.05, 0.1) is 13.2 Å². The number of methoxy groups -OCH3 is 1. The molecule has 6 heteroatoms. The summed E-state index contributed by atoms with van der Waals surface area (Å²) >= 11 is 0. The van der Waals surface area contributed by atoms with Crippen molar-refractivity contribution in [3.05, 3.63) is 29.6 Å². The average Bonchev–Trinajstić information content (AvgIpc) is 2.45. The lowest BCUT2D eigenvalue weighted by atomic mass is 10.1. The fourth-order valence-electron chi connectivity index (χ4n) is 2.25. The standard InChI is InChI=1S/C14H20FN3O2/c1-20-8-6-16-9-11-12(15)3-2-4-13(11)18-7-5-17-14(19)10-18/h2-4,16H,5-10H2,1H3,(H,17,19). The molecule has 1 aromatic carbocycles. The van der Waals surface area contributed by atoms with Crippen LogP contribution in [-0.2, 0) is 16.1 Å². The first kappa shape index (κ1) is 14.7. The fraction of sp³-hybridized carbons (Fsp3) is 0.500. The maximum absolute atomic E-state index is 14.0. The van der Waals surface area contributed by atoms with E-state index in [2.05, 4.69) is 10.6 Å². The van der Waals surface area contributed by atoms with Crippen LogP contribution in [0.4, 0.5) is 10.1 Å². The van der Waals surface area contributed by atoms with Crippen LogP contribution in [-0.4, -0.2) is 45.8 Å². The third-order valence-corrected chi connectivity index (χ3v) is 3.26. The van der Waals surface area contributed by atoms with E-state index < -0.39 is 0 Å². The Hall–Kier alpha value is -1.66. The van der Waals surface area contributed by atoms with Gasteiger partial charge in [0.15, 0.2) is 0 Å². The van der Waals surface area contributed by atoms with Crippen LogP contribution in [0.1, 0.15) is 5.56 Å². The second-order valence-corrected chi connectivity index (χ2v) is 4.68. The summed E-state index contributed by atoms with van der Waals surface area (Å²) in [5.41, 5.74) is 1.38. The molecule has 0 bridgehead atoms. The number of rotatable bonds is 6. The molecule has 2 rings (SSSR count). The minimum atomic E-state index is -0.251. The molecule has 0 atom stereocenters. The Morgan fingerprint density at radius 1 is 1.50 bits per heavy atom. The normalized spacial score (nSPS) is 15.3. The number of carbonyl (C=O) groups excluding carboxylic acids is 1. The Labute approximate surface area is 118 Å². The summed E-state index contributed by atoms with van der Waals surface area (Å²) in [5.74, 6) is -0.280. The van der Waals surface area contributed by atoms with Crippen molar-refractivity contribution in [2.75, 3.05) is 44.8 Å². The van der Waals surface area contributed by atoms with Crippen molar-refractivity contribution < 1.29 is 13.9 Å². The molecule has 1 fully saturated rings. The molecule has 5 nitrogen and oxygen atoms in total. The van der Waals surface area contributed by atoms with Gasteiger partial charge >= 0.3 is 0 Å². The fourth-order valence-corrected chi connectivity index (χ4v) is 2.25. The lowest BCUT2D eigenvalue weighted by molar-refractivity contribution is -0.120. The van der Waals surface area contributed by atoms with E-state index in [0.29, 0.717) is 38.3 Å². The van der Waals surface area contributed by atoms with Crippen molar-refractivity contribution in [3.8, 4) is 0 Å².